The topological polar surface area (TPSA) is 40.6 Å². The maximum atomic E-state index is 13.5. The number of benzene rings is 1. The van der Waals surface area contributed by atoms with Crippen LogP contribution >= 0.6 is 11.3 Å². The van der Waals surface area contributed by atoms with Crippen molar-refractivity contribution in [2.45, 2.75) is 47.1 Å². The molecule has 0 saturated carbocycles. The molecule has 0 saturated heterocycles. The van der Waals surface area contributed by atoms with E-state index in [0.29, 0.717) is 19.0 Å². The van der Waals surface area contributed by atoms with E-state index in [1.165, 1.54) is 10.4 Å². The Morgan fingerprint density at radius 2 is 1.86 bits per heavy atom. The van der Waals surface area contributed by atoms with Crippen LogP contribution in [-0.4, -0.2) is 41.2 Å². The van der Waals surface area contributed by atoms with Crippen LogP contribution in [0.3, 0.4) is 0 Å². The second-order valence-corrected chi connectivity index (χ2v) is 10.3. The fourth-order valence-corrected chi connectivity index (χ4v) is 4.87. The van der Waals surface area contributed by atoms with Crippen molar-refractivity contribution in [3.05, 3.63) is 57.8 Å². The first-order chi connectivity index (χ1) is 13.7. The molecular weight excluding hydrogens is 380 g/mol. The minimum absolute atomic E-state index is 0.0222. The Labute approximate surface area is 178 Å². The molecule has 156 valence electrons. The third kappa shape index (κ3) is 4.89. The summed E-state index contributed by atoms with van der Waals surface area (Å²) in [5, 5.41) is 2.11. The van der Waals surface area contributed by atoms with E-state index in [-0.39, 0.29) is 24.4 Å². The van der Waals surface area contributed by atoms with E-state index in [2.05, 4.69) is 37.4 Å². The van der Waals surface area contributed by atoms with E-state index >= 15 is 0 Å². The number of hydrogen-bond acceptors (Lipinski definition) is 3. The third-order valence-electron chi connectivity index (χ3n) is 5.24. The Hall–Kier alpha value is -2.14. The van der Waals surface area contributed by atoms with Gasteiger partial charge in [0.1, 0.15) is 0 Å². The van der Waals surface area contributed by atoms with Gasteiger partial charge < -0.3 is 9.80 Å². The molecule has 1 aromatic carbocycles. The zero-order chi connectivity index (χ0) is 21.2. The molecule has 5 heteroatoms. The number of thiophene rings is 1. The van der Waals surface area contributed by atoms with Gasteiger partial charge in [-0.2, -0.15) is 0 Å². The van der Waals surface area contributed by atoms with Crippen molar-refractivity contribution in [3.8, 4) is 0 Å². The van der Waals surface area contributed by atoms with E-state index in [4.69, 9.17) is 0 Å². The molecule has 0 fully saturated rings. The highest BCUT2D eigenvalue weighted by Gasteiger charge is 2.35. The van der Waals surface area contributed by atoms with Crippen LogP contribution in [0.2, 0.25) is 0 Å². The van der Waals surface area contributed by atoms with Crippen molar-refractivity contribution in [2.75, 3.05) is 19.6 Å². The van der Waals surface area contributed by atoms with Crippen LogP contribution in [0.4, 0.5) is 0 Å². The highest BCUT2D eigenvalue weighted by molar-refractivity contribution is 7.10. The van der Waals surface area contributed by atoms with Crippen molar-refractivity contribution in [1.82, 2.24) is 9.80 Å². The van der Waals surface area contributed by atoms with Gasteiger partial charge in [-0.3, -0.25) is 9.59 Å². The van der Waals surface area contributed by atoms with Gasteiger partial charge in [0.05, 0.1) is 12.6 Å². The first kappa shape index (κ1) is 21.6. The Kier molecular flexibility index (Phi) is 6.47. The largest absolute Gasteiger partial charge is 0.333 e. The zero-order valence-electron chi connectivity index (χ0n) is 18.1. The summed E-state index contributed by atoms with van der Waals surface area (Å²) >= 11 is 1.77. The molecule has 1 atom stereocenters. The van der Waals surface area contributed by atoms with Crippen LogP contribution in [0, 0.1) is 11.3 Å². The van der Waals surface area contributed by atoms with Crippen molar-refractivity contribution < 1.29 is 9.59 Å². The zero-order valence-corrected chi connectivity index (χ0v) is 19.0. The number of amides is 2. The summed E-state index contributed by atoms with van der Waals surface area (Å²) in [6.07, 6.45) is 0.874. The minimum Gasteiger partial charge on any atom is -0.333 e. The molecule has 0 spiro atoms. The summed E-state index contributed by atoms with van der Waals surface area (Å²) in [5.41, 5.74) is 1.84. The van der Waals surface area contributed by atoms with E-state index < -0.39 is 5.41 Å². The molecule has 3 rings (SSSR count). The molecule has 0 radical (unpaired) electrons. The maximum absolute atomic E-state index is 13.5. The molecular formula is C24H32N2O2S. The number of carbonyl (C=O) groups excluding carboxylic acids is 2. The molecule has 4 nitrogen and oxygen atoms in total. The van der Waals surface area contributed by atoms with E-state index in [1.54, 1.807) is 16.2 Å². The number of nitrogens with zero attached hydrogens (tertiary/aromatic N) is 2. The summed E-state index contributed by atoms with van der Waals surface area (Å²) in [4.78, 5) is 31.5. The Morgan fingerprint density at radius 3 is 2.48 bits per heavy atom. The molecule has 2 aromatic rings. The van der Waals surface area contributed by atoms with Gasteiger partial charge in [-0.15, -0.1) is 11.3 Å². The van der Waals surface area contributed by atoms with Crippen LogP contribution in [0.25, 0.3) is 0 Å². The molecule has 0 aliphatic carbocycles. The second-order valence-electron chi connectivity index (χ2n) is 9.28. The predicted octanol–water partition coefficient (Wildman–Crippen LogP) is 4.75. The summed E-state index contributed by atoms with van der Waals surface area (Å²) in [6.45, 7) is 11.3. The molecule has 1 aliphatic heterocycles. The lowest BCUT2D eigenvalue weighted by Gasteiger charge is -2.38. The van der Waals surface area contributed by atoms with E-state index in [1.807, 2.05) is 43.9 Å². The Balaban J connectivity index is 1.89. The standard InChI is InChI=1S/C24H32N2O2S/c1-17(2)15-25(23(28)24(3,4)5)16-21(27)26-13-11-20-19(12-14-29-20)22(26)18-9-7-6-8-10-18/h6-10,12,14,17,22H,11,13,15-16H2,1-5H3/t22-/m0/s1. The molecule has 2 heterocycles. The van der Waals surface area contributed by atoms with Gasteiger partial charge in [0.15, 0.2) is 0 Å². The molecule has 1 aliphatic rings. The smallest absolute Gasteiger partial charge is 0.242 e. The Bertz CT molecular complexity index is 851. The fourth-order valence-electron chi connectivity index (χ4n) is 3.97. The van der Waals surface area contributed by atoms with Gasteiger partial charge in [-0.1, -0.05) is 65.0 Å². The van der Waals surface area contributed by atoms with Crippen LogP contribution in [0.5, 0.6) is 0 Å². The van der Waals surface area contributed by atoms with Gasteiger partial charge in [0, 0.05) is 23.4 Å². The summed E-state index contributed by atoms with van der Waals surface area (Å²) in [5.74, 6) is 0.363. The van der Waals surface area contributed by atoms with Crippen molar-refractivity contribution in [3.63, 3.8) is 0 Å². The first-order valence-electron chi connectivity index (χ1n) is 10.4. The number of hydrogen-bond donors (Lipinski definition) is 0. The number of rotatable bonds is 5. The van der Waals surface area contributed by atoms with E-state index in [9.17, 15) is 9.59 Å². The van der Waals surface area contributed by atoms with Gasteiger partial charge >= 0.3 is 0 Å². The molecule has 29 heavy (non-hydrogen) atoms. The summed E-state index contributed by atoms with van der Waals surface area (Å²) < 4.78 is 0. The fraction of sp³-hybridized carbons (Fsp3) is 0.500. The lowest BCUT2D eigenvalue weighted by molar-refractivity contribution is -0.146. The SMILES string of the molecule is CC(C)CN(CC(=O)N1CCc2sccc2[C@@H]1c1ccccc1)C(=O)C(C)(C)C. The van der Waals surface area contributed by atoms with Crippen LogP contribution in [0.15, 0.2) is 41.8 Å². The minimum atomic E-state index is -0.504. The molecule has 2 amide bonds. The summed E-state index contributed by atoms with van der Waals surface area (Å²) in [6, 6.07) is 12.3. The third-order valence-corrected chi connectivity index (χ3v) is 6.24. The van der Waals surface area contributed by atoms with Gasteiger partial charge in [0.2, 0.25) is 11.8 Å². The quantitative estimate of drug-likeness (QED) is 0.711. The van der Waals surface area contributed by atoms with Crippen molar-refractivity contribution in [1.29, 1.82) is 0 Å². The van der Waals surface area contributed by atoms with Crippen LogP contribution < -0.4 is 0 Å². The highest BCUT2D eigenvalue weighted by Crippen LogP contribution is 2.37. The average Bonchev–Trinajstić information content (AvgIpc) is 3.14. The van der Waals surface area contributed by atoms with Gasteiger partial charge in [-0.25, -0.2) is 0 Å². The number of fused-ring (bicyclic) bond motifs is 1. The van der Waals surface area contributed by atoms with Crippen molar-refractivity contribution in [2.24, 2.45) is 11.3 Å². The second kappa shape index (κ2) is 8.70. The van der Waals surface area contributed by atoms with Gasteiger partial charge in [-0.05, 0) is 34.9 Å². The predicted molar refractivity (Wildman–Crippen MR) is 119 cm³/mol. The highest BCUT2D eigenvalue weighted by atomic mass is 32.1. The lowest BCUT2D eigenvalue weighted by atomic mass is 9.92. The van der Waals surface area contributed by atoms with Crippen molar-refractivity contribution >= 4 is 23.2 Å². The molecule has 0 bridgehead atoms. The molecule has 0 N–H and O–H groups in total. The Morgan fingerprint density at radius 1 is 1.17 bits per heavy atom. The van der Waals surface area contributed by atoms with E-state index in [0.717, 1.165) is 12.0 Å². The summed E-state index contributed by atoms with van der Waals surface area (Å²) in [7, 11) is 0. The molecule has 0 unspecified atom stereocenters. The van der Waals surface area contributed by atoms with Crippen LogP contribution in [-0.2, 0) is 16.0 Å². The normalized spacial score (nSPS) is 16.6. The van der Waals surface area contributed by atoms with Gasteiger partial charge in [0.25, 0.3) is 0 Å². The average molecular weight is 413 g/mol. The monoisotopic (exact) mass is 412 g/mol. The maximum Gasteiger partial charge on any atom is 0.242 e. The first-order valence-corrected chi connectivity index (χ1v) is 11.3. The number of carbonyl (C=O) groups is 2. The lowest BCUT2D eigenvalue weighted by Crippen LogP contribution is -2.49. The van der Waals surface area contributed by atoms with Crippen LogP contribution in [0.1, 0.15) is 56.7 Å². The molecule has 1 aromatic heterocycles.